The summed E-state index contributed by atoms with van der Waals surface area (Å²) in [5, 5.41) is 0. The molecule has 0 rings (SSSR count). The molecule has 0 spiro atoms. The van der Waals surface area contributed by atoms with Gasteiger partial charge in [-0.05, 0) is 0 Å². The van der Waals surface area contributed by atoms with Crippen LogP contribution in [0.25, 0.3) is 0 Å². The molecule has 0 atom stereocenters. The van der Waals surface area contributed by atoms with Crippen molar-refractivity contribution in [3.8, 4) is 0 Å². The van der Waals surface area contributed by atoms with Crippen LogP contribution in [-0.4, -0.2) is 26.5 Å². The van der Waals surface area contributed by atoms with Gasteiger partial charge in [0.25, 0.3) is 0 Å². The molecule has 0 N–H and O–H groups in total. The van der Waals surface area contributed by atoms with Gasteiger partial charge < -0.3 is 9.47 Å². The van der Waals surface area contributed by atoms with Crippen molar-refractivity contribution in [3.63, 3.8) is 0 Å². The van der Waals surface area contributed by atoms with Crippen LogP contribution in [0.1, 0.15) is 6.42 Å². The van der Waals surface area contributed by atoms with E-state index in [-0.39, 0.29) is 13.0 Å². The summed E-state index contributed by atoms with van der Waals surface area (Å²) < 4.78 is 19.8. The topological polar surface area (TPSA) is 35.5 Å². The maximum atomic E-state index is 11.3. The molecule has 0 unspecified atom stereocenters. The highest BCUT2D eigenvalue weighted by Crippen LogP contribution is 1.86. The van der Waals surface area contributed by atoms with Gasteiger partial charge in [-0.1, -0.05) is 0 Å². The molecule has 4 heteroatoms. The fourth-order valence-electron chi connectivity index (χ4n) is 0.269. The number of ether oxygens (including phenoxy) is 2. The molecule has 0 aromatic carbocycles. The summed E-state index contributed by atoms with van der Waals surface area (Å²) in [6.07, 6.45) is -0.529. The SMILES string of the molecule is COC(=O)OCCCF. The zero-order valence-corrected chi connectivity index (χ0v) is 5.22. The van der Waals surface area contributed by atoms with Crippen LogP contribution in [0.4, 0.5) is 9.18 Å². The van der Waals surface area contributed by atoms with Crippen LogP contribution >= 0.6 is 0 Å². The van der Waals surface area contributed by atoms with Crippen LogP contribution in [0.5, 0.6) is 0 Å². The summed E-state index contributed by atoms with van der Waals surface area (Å²) in [6, 6.07) is 0. The van der Waals surface area contributed by atoms with Crippen molar-refractivity contribution in [3.05, 3.63) is 0 Å². The lowest BCUT2D eigenvalue weighted by Gasteiger charge is -1.98. The molecule has 0 heterocycles. The van der Waals surface area contributed by atoms with E-state index in [0.29, 0.717) is 0 Å². The molecule has 3 nitrogen and oxygen atoms in total. The van der Waals surface area contributed by atoms with E-state index in [1.807, 2.05) is 0 Å². The summed E-state index contributed by atoms with van der Waals surface area (Å²) in [6.45, 7) is -0.389. The second-order valence-electron chi connectivity index (χ2n) is 1.35. The van der Waals surface area contributed by atoms with Crippen molar-refractivity contribution in [1.29, 1.82) is 0 Å². The quantitative estimate of drug-likeness (QED) is 0.431. The summed E-state index contributed by atoms with van der Waals surface area (Å²) in [5.74, 6) is 0. The van der Waals surface area contributed by atoms with Gasteiger partial charge in [-0.2, -0.15) is 0 Å². The van der Waals surface area contributed by atoms with E-state index in [1.54, 1.807) is 0 Å². The largest absolute Gasteiger partial charge is 0.507 e. The van der Waals surface area contributed by atoms with E-state index in [2.05, 4.69) is 9.47 Å². The molecule has 0 aliphatic carbocycles. The number of methoxy groups -OCH3 is 1. The summed E-state index contributed by atoms with van der Waals surface area (Å²) in [7, 11) is 1.21. The Labute approximate surface area is 52.8 Å². The van der Waals surface area contributed by atoms with E-state index in [4.69, 9.17) is 0 Å². The van der Waals surface area contributed by atoms with Crippen LogP contribution in [0, 0.1) is 0 Å². The lowest BCUT2D eigenvalue weighted by molar-refractivity contribution is 0.0705. The van der Waals surface area contributed by atoms with Crippen molar-refractivity contribution in [1.82, 2.24) is 0 Å². The van der Waals surface area contributed by atoms with Crippen molar-refractivity contribution >= 4 is 6.16 Å². The number of carbonyl (C=O) groups is 1. The Morgan fingerprint density at radius 1 is 1.67 bits per heavy atom. The van der Waals surface area contributed by atoms with Gasteiger partial charge >= 0.3 is 6.16 Å². The first-order valence-corrected chi connectivity index (χ1v) is 2.58. The monoisotopic (exact) mass is 136 g/mol. The molecule has 0 aromatic rings. The van der Waals surface area contributed by atoms with Gasteiger partial charge in [0.15, 0.2) is 0 Å². The standard InChI is InChI=1S/C5H9FO3/c1-8-5(7)9-4-2-3-6/h2-4H2,1H3. The minimum Gasteiger partial charge on any atom is -0.438 e. The highest BCUT2D eigenvalue weighted by Gasteiger charge is 1.97. The van der Waals surface area contributed by atoms with Crippen LogP contribution in [-0.2, 0) is 9.47 Å². The first-order chi connectivity index (χ1) is 4.31. The molecule has 0 fully saturated rings. The number of alkyl halides is 1. The van der Waals surface area contributed by atoms with Gasteiger partial charge in [0, 0.05) is 6.42 Å². The fourth-order valence-corrected chi connectivity index (χ4v) is 0.269. The maximum absolute atomic E-state index is 11.3. The van der Waals surface area contributed by atoms with Crippen LogP contribution in [0.15, 0.2) is 0 Å². The van der Waals surface area contributed by atoms with Crippen LogP contribution in [0.2, 0.25) is 0 Å². The van der Waals surface area contributed by atoms with Gasteiger partial charge in [0.05, 0.1) is 20.4 Å². The van der Waals surface area contributed by atoms with E-state index in [0.717, 1.165) is 0 Å². The van der Waals surface area contributed by atoms with Crippen LogP contribution in [0.3, 0.4) is 0 Å². The Hall–Kier alpha value is -0.800. The average molecular weight is 136 g/mol. The molecule has 0 radical (unpaired) electrons. The Balaban J connectivity index is 2.97. The average Bonchev–Trinajstić information content (AvgIpc) is 1.89. The molecule has 0 saturated heterocycles. The number of hydrogen-bond acceptors (Lipinski definition) is 3. The Morgan fingerprint density at radius 2 is 2.33 bits per heavy atom. The minimum absolute atomic E-state index is 0.0865. The predicted molar refractivity (Wildman–Crippen MR) is 28.9 cm³/mol. The van der Waals surface area contributed by atoms with Gasteiger partial charge in [0.1, 0.15) is 0 Å². The molecule has 0 aliphatic rings. The van der Waals surface area contributed by atoms with Crippen LogP contribution < -0.4 is 0 Å². The lowest BCUT2D eigenvalue weighted by atomic mass is 10.5. The molecule has 0 bridgehead atoms. The van der Waals surface area contributed by atoms with Crippen molar-refractivity contribution in [2.75, 3.05) is 20.4 Å². The first kappa shape index (κ1) is 8.20. The molecule has 0 amide bonds. The number of hydrogen-bond donors (Lipinski definition) is 0. The third-order valence-electron chi connectivity index (χ3n) is 0.665. The maximum Gasteiger partial charge on any atom is 0.507 e. The third kappa shape index (κ3) is 5.06. The predicted octanol–water partition coefficient (Wildman–Crippen LogP) is 1.13. The summed E-state index contributed by atoms with van der Waals surface area (Å²) in [5.41, 5.74) is 0. The van der Waals surface area contributed by atoms with Gasteiger partial charge in [-0.3, -0.25) is 4.39 Å². The van der Waals surface area contributed by atoms with E-state index < -0.39 is 12.8 Å². The van der Waals surface area contributed by atoms with Gasteiger partial charge in [-0.15, -0.1) is 0 Å². The number of rotatable bonds is 3. The normalized spacial score (nSPS) is 8.67. The Morgan fingerprint density at radius 3 is 2.78 bits per heavy atom. The molecule has 0 aliphatic heterocycles. The molecule has 9 heavy (non-hydrogen) atoms. The van der Waals surface area contributed by atoms with Crippen molar-refractivity contribution in [2.24, 2.45) is 0 Å². The van der Waals surface area contributed by atoms with E-state index in [9.17, 15) is 9.18 Å². The Bertz CT molecular complexity index is 84.3. The molecule has 0 aromatic heterocycles. The molecule has 0 saturated carbocycles. The zero-order valence-electron chi connectivity index (χ0n) is 5.22. The minimum atomic E-state index is -0.761. The molecular weight excluding hydrogens is 127 g/mol. The fraction of sp³-hybridized carbons (Fsp3) is 0.800. The lowest BCUT2D eigenvalue weighted by Crippen LogP contribution is -2.05. The second kappa shape index (κ2) is 5.34. The summed E-state index contributed by atoms with van der Waals surface area (Å²) >= 11 is 0. The third-order valence-corrected chi connectivity index (χ3v) is 0.665. The highest BCUT2D eigenvalue weighted by atomic mass is 19.1. The number of halogens is 1. The zero-order chi connectivity index (χ0) is 7.11. The summed E-state index contributed by atoms with van der Waals surface area (Å²) in [4.78, 5) is 10.1. The van der Waals surface area contributed by atoms with Gasteiger partial charge in [0.2, 0.25) is 0 Å². The smallest absolute Gasteiger partial charge is 0.438 e. The molecule has 54 valence electrons. The van der Waals surface area contributed by atoms with Crippen molar-refractivity contribution in [2.45, 2.75) is 6.42 Å². The number of carbonyl (C=O) groups excluding carboxylic acids is 1. The second-order valence-corrected chi connectivity index (χ2v) is 1.35. The van der Waals surface area contributed by atoms with Gasteiger partial charge in [-0.25, -0.2) is 4.79 Å². The van der Waals surface area contributed by atoms with Crippen molar-refractivity contribution < 1.29 is 18.7 Å². The molecular formula is C5H9FO3. The first-order valence-electron chi connectivity index (χ1n) is 2.58. The van der Waals surface area contributed by atoms with E-state index in [1.165, 1.54) is 7.11 Å². The van der Waals surface area contributed by atoms with E-state index >= 15 is 0 Å². The Kier molecular flexibility index (Phi) is 4.86. The highest BCUT2D eigenvalue weighted by molar-refractivity contribution is 5.59.